The van der Waals surface area contributed by atoms with Gasteiger partial charge in [0.15, 0.2) is 0 Å². The highest BCUT2D eigenvalue weighted by molar-refractivity contribution is 7.10. The van der Waals surface area contributed by atoms with E-state index in [1.54, 1.807) is 0 Å². The van der Waals surface area contributed by atoms with Crippen molar-refractivity contribution in [3.05, 3.63) is 22.4 Å². The molecule has 4 unspecified atom stereocenters. The van der Waals surface area contributed by atoms with E-state index in [-0.39, 0.29) is 5.41 Å². The highest BCUT2D eigenvalue weighted by Gasteiger charge is 2.58. The second-order valence-electron chi connectivity index (χ2n) is 7.30. The van der Waals surface area contributed by atoms with Gasteiger partial charge in [-0.3, -0.25) is 0 Å². The molecule has 2 heterocycles. The molecule has 1 aliphatic carbocycles. The predicted octanol–water partition coefficient (Wildman–Crippen LogP) is 4.24. The third-order valence-corrected chi connectivity index (χ3v) is 6.16. The summed E-state index contributed by atoms with van der Waals surface area (Å²) in [4.78, 5) is 1.47. The SMILES string of the molecule is CC(C)C(NC1C2CCCOC2C1(C)C)c1cccs1. The van der Waals surface area contributed by atoms with Crippen LogP contribution in [0.1, 0.15) is 51.5 Å². The molecule has 1 saturated carbocycles. The molecule has 1 N–H and O–H groups in total. The summed E-state index contributed by atoms with van der Waals surface area (Å²) in [6, 6.07) is 5.49. The topological polar surface area (TPSA) is 21.3 Å². The van der Waals surface area contributed by atoms with Crippen molar-refractivity contribution in [3.8, 4) is 0 Å². The van der Waals surface area contributed by atoms with Crippen LogP contribution in [0.2, 0.25) is 0 Å². The third kappa shape index (κ3) is 2.34. The quantitative estimate of drug-likeness (QED) is 0.896. The summed E-state index contributed by atoms with van der Waals surface area (Å²) in [6.07, 6.45) is 3.01. The van der Waals surface area contributed by atoms with Gasteiger partial charge < -0.3 is 10.1 Å². The number of fused-ring (bicyclic) bond motifs is 1. The van der Waals surface area contributed by atoms with E-state index in [1.807, 2.05) is 11.3 Å². The molecule has 2 fully saturated rings. The summed E-state index contributed by atoms with van der Waals surface area (Å²) in [5.41, 5.74) is 0.259. The van der Waals surface area contributed by atoms with Crippen molar-refractivity contribution in [1.29, 1.82) is 0 Å². The van der Waals surface area contributed by atoms with E-state index in [1.165, 1.54) is 17.7 Å². The van der Waals surface area contributed by atoms with Gasteiger partial charge in [-0.25, -0.2) is 0 Å². The first kappa shape index (κ1) is 14.6. The molecule has 0 aromatic carbocycles. The minimum Gasteiger partial charge on any atom is -0.377 e. The number of rotatable bonds is 4. The molecule has 1 aliphatic heterocycles. The first-order valence-corrected chi connectivity index (χ1v) is 8.81. The van der Waals surface area contributed by atoms with Crippen molar-refractivity contribution < 1.29 is 4.74 Å². The van der Waals surface area contributed by atoms with E-state index >= 15 is 0 Å². The van der Waals surface area contributed by atoms with E-state index in [2.05, 4.69) is 50.5 Å². The van der Waals surface area contributed by atoms with Crippen LogP contribution in [0.15, 0.2) is 17.5 Å². The Morgan fingerprint density at radius 3 is 2.85 bits per heavy atom. The van der Waals surface area contributed by atoms with Gasteiger partial charge in [-0.05, 0) is 30.2 Å². The summed E-state index contributed by atoms with van der Waals surface area (Å²) in [6.45, 7) is 10.3. The summed E-state index contributed by atoms with van der Waals surface area (Å²) >= 11 is 1.87. The molecule has 2 nitrogen and oxygen atoms in total. The monoisotopic (exact) mass is 293 g/mol. The molecular formula is C17H27NOS. The van der Waals surface area contributed by atoms with E-state index in [4.69, 9.17) is 4.74 Å². The molecule has 0 amide bonds. The summed E-state index contributed by atoms with van der Waals surface area (Å²) in [5, 5.41) is 6.16. The van der Waals surface area contributed by atoms with Crippen LogP contribution in [0.5, 0.6) is 0 Å². The Morgan fingerprint density at radius 2 is 2.20 bits per heavy atom. The van der Waals surface area contributed by atoms with Gasteiger partial charge in [0.25, 0.3) is 0 Å². The molecule has 1 aromatic heterocycles. The Hall–Kier alpha value is -0.380. The van der Waals surface area contributed by atoms with Crippen molar-refractivity contribution >= 4 is 11.3 Å². The molecule has 112 valence electrons. The Labute approximate surface area is 126 Å². The minimum atomic E-state index is 0.259. The maximum Gasteiger partial charge on any atom is 0.0684 e. The first-order chi connectivity index (χ1) is 9.51. The lowest BCUT2D eigenvalue weighted by atomic mass is 9.55. The number of ether oxygens (including phenoxy) is 1. The number of nitrogens with one attached hydrogen (secondary N) is 1. The molecule has 3 heteroatoms. The largest absolute Gasteiger partial charge is 0.377 e. The van der Waals surface area contributed by atoms with E-state index < -0.39 is 0 Å². The van der Waals surface area contributed by atoms with Gasteiger partial charge in [-0.2, -0.15) is 0 Å². The highest BCUT2D eigenvalue weighted by Crippen LogP contribution is 2.52. The van der Waals surface area contributed by atoms with Crippen molar-refractivity contribution in [2.75, 3.05) is 6.61 Å². The van der Waals surface area contributed by atoms with Crippen molar-refractivity contribution in [2.45, 2.75) is 58.7 Å². The number of hydrogen-bond acceptors (Lipinski definition) is 3. The maximum absolute atomic E-state index is 6.02. The standard InChI is InChI=1S/C17H27NOS/c1-11(2)14(13-8-6-10-20-13)18-15-12-7-5-9-19-16(12)17(15,3)4/h6,8,10-12,14-16,18H,5,7,9H2,1-4H3. The third-order valence-electron chi connectivity index (χ3n) is 5.21. The van der Waals surface area contributed by atoms with E-state index in [0.29, 0.717) is 30.0 Å². The molecule has 1 saturated heterocycles. The van der Waals surface area contributed by atoms with Crippen molar-refractivity contribution in [1.82, 2.24) is 5.32 Å². The summed E-state index contributed by atoms with van der Waals surface area (Å²) in [7, 11) is 0. The second-order valence-corrected chi connectivity index (χ2v) is 8.28. The Morgan fingerprint density at radius 1 is 1.40 bits per heavy atom. The van der Waals surface area contributed by atoms with Crippen LogP contribution in [0.25, 0.3) is 0 Å². The van der Waals surface area contributed by atoms with Crippen LogP contribution in [0.4, 0.5) is 0 Å². The van der Waals surface area contributed by atoms with Gasteiger partial charge in [0, 0.05) is 34.9 Å². The molecule has 1 aromatic rings. The minimum absolute atomic E-state index is 0.259. The highest BCUT2D eigenvalue weighted by atomic mass is 32.1. The zero-order valence-electron chi connectivity index (χ0n) is 13.1. The van der Waals surface area contributed by atoms with Crippen molar-refractivity contribution in [3.63, 3.8) is 0 Å². The van der Waals surface area contributed by atoms with Gasteiger partial charge >= 0.3 is 0 Å². The van der Waals surface area contributed by atoms with Crippen LogP contribution in [0, 0.1) is 17.3 Å². The van der Waals surface area contributed by atoms with Crippen LogP contribution in [-0.2, 0) is 4.74 Å². The van der Waals surface area contributed by atoms with Crippen molar-refractivity contribution in [2.24, 2.45) is 17.3 Å². The number of thiophene rings is 1. The van der Waals surface area contributed by atoms with E-state index in [9.17, 15) is 0 Å². The Balaban J connectivity index is 1.75. The van der Waals surface area contributed by atoms with E-state index in [0.717, 1.165) is 6.61 Å². The molecular weight excluding hydrogens is 266 g/mol. The molecule has 3 rings (SSSR count). The molecule has 0 bridgehead atoms. The fraction of sp³-hybridized carbons (Fsp3) is 0.765. The molecule has 2 aliphatic rings. The second kappa shape index (κ2) is 5.43. The summed E-state index contributed by atoms with van der Waals surface area (Å²) in [5.74, 6) is 1.33. The van der Waals surface area contributed by atoms with Gasteiger partial charge in [0.2, 0.25) is 0 Å². The summed E-state index contributed by atoms with van der Waals surface area (Å²) < 4.78 is 6.02. The lowest BCUT2D eigenvalue weighted by Gasteiger charge is -2.61. The number of hydrogen-bond donors (Lipinski definition) is 1. The fourth-order valence-corrected chi connectivity index (χ4v) is 5.08. The Bertz CT molecular complexity index is 440. The van der Waals surface area contributed by atoms with Gasteiger partial charge in [-0.1, -0.05) is 33.8 Å². The molecule has 20 heavy (non-hydrogen) atoms. The van der Waals surface area contributed by atoms with Crippen LogP contribution < -0.4 is 5.32 Å². The van der Waals surface area contributed by atoms with Gasteiger partial charge in [-0.15, -0.1) is 11.3 Å². The van der Waals surface area contributed by atoms with Gasteiger partial charge in [0.05, 0.1) is 6.10 Å². The first-order valence-electron chi connectivity index (χ1n) is 7.93. The van der Waals surface area contributed by atoms with Gasteiger partial charge in [0.1, 0.15) is 0 Å². The average molecular weight is 293 g/mol. The fourth-order valence-electron chi connectivity index (χ4n) is 4.13. The van der Waals surface area contributed by atoms with Crippen LogP contribution >= 0.6 is 11.3 Å². The zero-order valence-corrected chi connectivity index (χ0v) is 13.9. The smallest absolute Gasteiger partial charge is 0.0684 e. The predicted molar refractivity (Wildman–Crippen MR) is 85.1 cm³/mol. The lowest BCUT2D eigenvalue weighted by Crippen LogP contribution is -2.69. The average Bonchev–Trinajstić information content (AvgIpc) is 2.92. The molecule has 0 spiro atoms. The maximum atomic E-state index is 6.02. The lowest BCUT2D eigenvalue weighted by molar-refractivity contribution is -0.195. The molecule has 4 atom stereocenters. The zero-order chi connectivity index (χ0) is 14.3. The molecule has 0 radical (unpaired) electrons. The van der Waals surface area contributed by atoms with Crippen LogP contribution in [0.3, 0.4) is 0 Å². The Kier molecular flexibility index (Phi) is 3.95. The van der Waals surface area contributed by atoms with Crippen LogP contribution in [-0.4, -0.2) is 18.8 Å². The normalized spacial score (nSPS) is 33.5.